The van der Waals surface area contributed by atoms with Crippen LogP contribution in [-0.2, 0) is 0 Å². The fourth-order valence-corrected chi connectivity index (χ4v) is 2.84. The molecule has 0 spiro atoms. The summed E-state index contributed by atoms with van der Waals surface area (Å²) in [5.41, 5.74) is 9.59. The van der Waals surface area contributed by atoms with Gasteiger partial charge in [-0.15, -0.1) is 0 Å². The Kier molecular flexibility index (Phi) is 3.71. The van der Waals surface area contributed by atoms with E-state index in [1.165, 1.54) is 0 Å². The van der Waals surface area contributed by atoms with Crippen molar-refractivity contribution in [2.45, 2.75) is 25.8 Å². The molecule has 0 radical (unpaired) electrons. The molecular weight excluding hydrogens is 262 g/mol. The van der Waals surface area contributed by atoms with Crippen molar-refractivity contribution in [1.82, 2.24) is 4.98 Å². The summed E-state index contributed by atoms with van der Waals surface area (Å²) in [7, 11) is 0. The lowest BCUT2D eigenvalue weighted by Crippen LogP contribution is -2.33. The molecule has 2 heterocycles. The number of pyridine rings is 1. The largest absolute Gasteiger partial charge is 0.324 e. The van der Waals surface area contributed by atoms with Gasteiger partial charge in [0.1, 0.15) is 5.69 Å². The first-order chi connectivity index (χ1) is 10.2. The first-order valence-corrected chi connectivity index (χ1v) is 7.26. The molecule has 2 aromatic rings. The molecule has 1 unspecified atom stereocenters. The molecule has 21 heavy (non-hydrogen) atoms. The number of carbonyl (C=O) groups excluding carboxylic acids is 1. The Morgan fingerprint density at radius 1 is 1.29 bits per heavy atom. The Morgan fingerprint density at radius 2 is 2.10 bits per heavy atom. The smallest absolute Gasteiger partial charge is 0.277 e. The summed E-state index contributed by atoms with van der Waals surface area (Å²) < 4.78 is 0. The molecule has 1 aromatic heterocycles. The number of nitrogens with two attached hydrogens (primary N) is 1. The lowest BCUT2D eigenvalue weighted by atomic mass is 10.0. The highest BCUT2D eigenvalue weighted by Gasteiger charge is 2.26. The SMILES string of the molecule is Cc1cccnc1C(=O)N1CCCC(N)c2ccccc21. The standard InChI is InChI=1S/C17H19N3O/c1-12-6-4-10-19-16(12)17(21)20-11-5-8-14(18)13-7-2-3-9-15(13)20/h2-4,6-7,9-10,14H,5,8,11,18H2,1H3. The maximum Gasteiger partial charge on any atom is 0.277 e. The molecule has 3 rings (SSSR count). The van der Waals surface area contributed by atoms with E-state index in [0.29, 0.717) is 12.2 Å². The Morgan fingerprint density at radius 3 is 2.90 bits per heavy atom. The molecule has 4 nitrogen and oxygen atoms in total. The summed E-state index contributed by atoms with van der Waals surface area (Å²) in [4.78, 5) is 18.9. The number of para-hydroxylation sites is 1. The number of aromatic nitrogens is 1. The van der Waals surface area contributed by atoms with Crippen molar-refractivity contribution in [3.63, 3.8) is 0 Å². The van der Waals surface area contributed by atoms with E-state index in [1.807, 2.05) is 48.2 Å². The molecule has 1 amide bonds. The van der Waals surface area contributed by atoms with Crippen LogP contribution in [-0.4, -0.2) is 17.4 Å². The van der Waals surface area contributed by atoms with Crippen LogP contribution in [0.4, 0.5) is 5.69 Å². The fraction of sp³-hybridized carbons (Fsp3) is 0.294. The van der Waals surface area contributed by atoms with E-state index in [4.69, 9.17) is 5.73 Å². The molecule has 0 bridgehead atoms. The van der Waals surface area contributed by atoms with Gasteiger partial charge in [0.05, 0.1) is 0 Å². The number of carbonyl (C=O) groups is 1. The van der Waals surface area contributed by atoms with E-state index in [2.05, 4.69) is 4.98 Å². The molecule has 1 aliphatic rings. The van der Waals surface area contributed by atoms with Crippen LogP contribution in [0.1, 0.15) is 40.5 Å². The normalized spacial score (nSPS) is 18.0. The summed E-state index contributed by atoms with van der Waals surface area (Å²) in [6, 6.07) is 11.6. The molecule has 4 heteroatoms. The minimum Gasteiger partial charge on any atom is -0.324 e. The van der Waals surface area contributed by atoms with Crippen molar-refractivity contribution >= 4 is 11.6 Å². The minimum absolute atomic E-state index is 0.0103. The average Bonchev–Trinajstić information content (AvgIpc) is 2.67. The van der Waals surface area contributed by atoms with Crippen molar-refractivity contribution in [2.75, 3.05) is 11.4 Å². The van der Waals surface area contributed by atoms with Crippen LogP contribution in [0.3, 0.4) is 0 Å². The first kappa shape index (κ1) is 13.8. The quantitative estimate of drug-likeness (QED) is 0.874. The highest BCUT2D eigenvalue weighted by molar-refractivity contribution is 6.06. The molecule has 0 aliphatic carbocycles. The second kappa shape index (κ2) is 5.66. The third-order valence-corrected chi connectivity index (χ3v) is 3.98. The van der Waals surface area contributed by atoms with E-state index in [0.717, 1.165) is 29.7 Å². The fourth-order valence-electron chi connectivity index (χ4n) is 2.84. The molecule has 1 atom stereocenters. The van der Waals surface area contributed by atoms with Gasteiger partial charge in [0.25, 0.3) is 5.91 Å². The number of benzene rings is 1. The molecule has 1 aromatic carbocycles. The molecule has 108 valence electrons. The van der Waals surface area contributed by atoms with E-state index < -0.39 is 0 Å². The Balaban J connectivity index is 2.04. The van der Waals surface area contributed by atoms with Crippen LogP contribution in [0.2, 0.25) is 0 Å². The molecular formula is C17H19N3O. The molecule has 0 saturated heterocycles. The third kappa shape index (κ3) is 2.54. The van der Waals surface area contributed by atoms with Gasteiger partial charge in [-0.3, -0.25) is 9.78 Å². The maximum atomic E-state index is 12.9. The van der Waals surface area contributed by atoms with Crippen LogP contribution < -0.4 is 10.6 Å². The predicted octanol–water partition coefficient (Wildman–Crippen LogP) is 2.83. The van der Waals surface area contributed by atoms with Gasteiger partial charge in [0, 0.05) is 24.5 Å². The lowest BCUT2D eigenvalue weighted by molar-refractivity contribution is 0.0981. The number of hydrogen-bond acceptors (Lipinski definition) is 3. The van der Waals surface area contributed by atoms with E-state index in [1.54, 1.807) is 6.20 Å². The van der Waals surface area contributed by atoms with Crippen molar-refractivity contribution in [2.24, 2.45) is 5.73 Å². The van der Waals surface area contributed by atoms with Crippen LogP contribution in [0.25, 0.3) is 0 Å². The highest BCUT2D eigenvalue weighted by atomic mass is 16.2. The Hall–Kier alpha value is -2.20. The van der Waals surface area contributed by atoms with Gasteiger partial charge >= 0.3 is 0 Å². The number of aryl methyl sites for hydroxylation is 1. The number of nitrogens with zero attached hydrogens (tertiary/aromatic N) is 2. The number of rotatable bonds is 1. The zero-order valence-corrected chi connectivity index (χ0v) is 12.1. The number of anilines is 1. The maximum absolute atomic E-state index is 12.9. The average molecular weight is 281 g/mol. The van der Waals surface area contributed by atoms with Crippen LogP contribution in [0.5, 0.6) is 0 Å². The second-order valence-electron chi connectivity index (χ2n) is 5.43. The Labute approximate surface area is 124 Å². The van der Waals surface area contributed by atoms with Crippen molar-refractivity contribution < 1.29 is 4.79 Å². The monoisotopic (exact) mass is 281 g/mol. The summed E-state index contributed by atoms with van der Waals surface area (Å²) >= 11 is 0. The Bertz CT molecular complexity index is 669. The summed E-state index contributed by atoms with van der Waals surface area (Å²) in [6.45, 7) is 2.59. The summed E-state index contributed by atoms with van der Waals surface area (Å²) in [5.74, 6) is -0.0466. The molecule has 0 fully saturated rings. The zero-order valence-electron chi connectivity index (χ0n) is 12.1. The van der Waals surface area contributed by atoms with Gasteiger partial charge in [0.2, 0.25) is 0 Å². The number of amides is 1. The molecule has 0 saturated carbocycles. The van der Waals surface area contributed by atoms with E-state index in [9.17, 15) is 4.79 Å². The zero-order chi connectivity index (χ0) is 14.8. The topological polar surface area (TPSA) is 59.2 Å². The lowest BCUT2D eigenvalue weighted by Gasteiger charge is -2.23. The first-order valence-electron chi connectivity index (χ1n) is 7.26. The van der Waals surface area contributed by atoms with Gasteiger partial charge in [-0.1, -0.05) is 24.3 Å². The van der Waals surface area contributed by atoms with Crippen LogP contribution in [0, 0.1) is 6.92 Å². The van der Waals surface area contributed by atoms with Gasteiger partial charge < -0.3 is 10.6 Å². The minimum atomic E-state index is -0.0466. The van der Waals surface area contributed by atoms with E-state index in [-0.39, 0.29) is 11.9 Å². The summed E-state index contributed by atoms with van der Waals surface area (Å²) in [5, 5.41) is 0. The molecule has 2 N–H and O–H groups in total. The van der Waals surface area contributed by atoms with Crippen molar-refractivity contribution in [3.05, 3.63) is 59.4 Å². The second-order valence-corrected chi connectivity index (χ2v) is 5.43. The third-order valence-electron chi connectivity index (χ3n) is 3.98. The number of hydrogen-bond donors (Lipinski definition) is 1. The molecule has 1 aliphatic heterocycles. The van der Waals surface area contributed by atoms with Crippen molar-refractivity contribution in [3.8, 4) is 0 Å². The predicted molar refractivity (Wildman–Crippen MR) is 83.3 cm³/mol. The highest BCUT2D eigenvalue weighted by Crippen LogP contribution is 2.32. The van der Waals surface area contributed by atoms with Crippen molar-refractivity contribution in [1.29, 1.82) is 0 Å². The summed E-state index contributed by atoms with van der Waals surface area (Å²) in [6.07, 6.45) is 3.45. The van der Waals surface area contributed by atoms with Gasteiger partial charge in [-0.05, 0) is 43.0 Å². The van der Waals surface area contributed by atoms with E-state index >= 15 is 0 Å². The van der Waals surface area contributed by atoms with Gasteiger partial charge in [0.15, 0.2) is 0 Å². The number of fused-ring (bicyclic) bond motifs is 1. The van der Waals surface area contributed by atoms with Gasteiger partial charge in [-0.25, -0.2) is 0 Å². The van der Waals surface area contributed by atoms with Gasteiger partial charge in [-0.2, -0.15) is 0 Å². The van der Waals surface area contributed by atoms with Crippen LogP contribution in [0.15, 0.2) is 42.6 Å². The van der Waals surface area contributed by atoms with Crippen LogP contribution >= 0.6 is 0 Å².